The maximum atomic E-state index is 11.3. The normalized spacial score (nSPS) is 12.1. The van der Waals surface area contributed by atoms with Gasteiger partial charge in [0.25, 0.3) is 5.82 Å². The first-order valence-corrected chi connectivity index (χ1v) is 5.35. The first kappa shape index (κ1) is 12.2. The Bertz CT molecular complexity index is 525. The van der Waals surface area contributed by atoms with Crippen LogP contribution in [0.1, 0.15) is 22.2 Å². The summed E-state index contributed by atoms with van der Waals surface area (Å²) in [5, 5.41) is 4.06. The third kappa shape index (κ3) is 2.35. The quantitative estimate of drug-likeness (QED) is 0.764. The van der Waals surface area contributed by atoms with E-state index in [0.717, 1.165) is 5.56 Å². The van der Waals surface area contributed by atoms with E-state index in [1.807, 2.05) is 12.1 Å². The summed E-state index contributed by atoms with van der Waals surface area (Å²) in [6.07, 6.45) is 4.82. The molecule has 1 unspecified atom stereocenters. The zero-order valence-electron chi connectivity index (χ0n) is 9.85. The second-order valence-corrected chi connectivity index (χ2v) is 3.57. The van der Waals surface area contributed by atoms with Crippen LogP contribution in [0.25, 0.3) is 0 Å². The van der Waals surface area contributed by atoms with E-state index < -0.39 is 5.97 Å². The molecule has 7 heteroatoms. The highest BCUT2D eigenvalue weighted by Gasteiger charge is 2.17. The molecule has 2 N–H and O–H groups in total. The first-order valence-electron chi connectivity index (χ1n) is 5.35. The van der Waals surface area contributed by atoms with E-state index in [1.165, 1.54) is 13.4 Å². The molecule has 7 nitrogen and oxygen atoms in total. The molecule has 0 spiro atoms. The van der Waals surface area contributed by atoms with Crippen LogP contribution in [0, 0.1) is 0 Å². The van der Waals surface area contributed by atoms with E-state index in [-0.39, 0.29) is 11.9 Å². The van der Waals surface area contributed by atoms with Crippen molar-refractivity contribution < 1.29 is 9.53 Å². The first-order chi connectivity index (χ1) is 8.76. The summed E-state index contributed by atoms with van der Waals surface area (Å²) in [6.45, 7) is 0.341. The number of aromatic nitrogens is 4. The predicted octanol–water partition coefficient (Wildman–Crippen LogP) is 0.00780. The van der Waals surface area contributed by atoms with Gasteiger partial charge in [0.1, 0.15) is 6.33 Å². The van der Waals surface area contributed by atoms with E-state index >= 15 is 0 Å². The van der Waals surface area contributed by atoms with Gasteiger partial charge >= 0.3 is 5.97 Å². The molecule has 0 aliphatic rings. The molecule has 0 saturated carbocycles. The molecule has 0 aromatic carbocycles. The molecule has 0 aliphatic heterocycles. The van der Waals surface area contributed by atoms with E-state index in [4.69, 9.17) is 5.73 Å². The fraction of sp³-hybridized carbons (Fsp3) is 0.273. The molecule has 2 rings (SSSR count). The number of hydrogen-bond acceptors (Lipinski definition) is 6. The van der Waals surface area contributed by atoms with Gasteiger partial charge in [-0.2, -0.15) is 0 Å². The van der Waals surface area contributed by atoms with Gasteiger partial charge in [-0.1, -0.05) is 0 Å². The number of esters is 1. The van der Waals surface area contributed by atoms with Gasteiger partial charge < -0.3 is 10.5 Å². The Morgan fingerprint density at radius 3 is 2.83 bits per heavy atom. The van der Waals surface area contributed by atoms with Crippen LogP contribution in [-0.2, 0) is 4.74 Å². The van der Waals surface area contributed by atoms with Crippen molar-refractivity contribution in [3.63, 3.8) is 0 Å². The molecule has 0 amide bonds. The fourth-order valence-corrected chi connectivity index (χ4v) is 1.59. The van der Waals surface area contributed by atoms with Gasteiger partial charge in [0.15, 0.2) is 0 Å². The molecule has 18 heavy (non-hydrogen) atoms. The van der Waals surface area contributed by atoms with Crippen molar-refractivity contribution in [2.45, 2.75) is 6.04 Å². The van der Waals surface area contributed by atoms with E-state index in [1.54, 1.807) is 17.1 Å². The molecular weight excluding hydrogens is 234 g/mol. The van der Waals surface area contributed by atoms with Crippen molar-refractivity contribution in [2.75, 3.05) is 13.7 Å². The Balaban J connectivity index is 2.29. The molecule has 0 aliphatic carbocycles. The molecule has 2 aromatic heterocycles. The number of methoxy groups -OCH3 is 1. The predicted molar refractivity (Wildman–Crippen MR) is 62.8 cm³/mol. The van der Waals surface area contributed by atoms with Crippen molar-refractivity contribution >= 4 is 5.97 Å². The Hall–Kier alpha value is -2.28. The maximum absolute atomic E-state index is 11.3. The molecular formula is C11H13N5O2. The zero-order valence-corrected chi connectivity index (χ0v) is 9.85. The lowest BCUT2D eigenvalue weighted by Crippen LogP contribution is -2.21. The van der Waals surface area contributed by atoms with Crippen molar-refractivity contribution in [1.82, 2.24) is 19.7 Å². The van der Waals surface area contributed by atoms with Crippen molar-refractivity contribution in [1.29, 1.82) is 0 Å². The standard InChI is InChI=1S/C11H13N5O2/c1-18-11(17)10-14-7-16(15-10)9(6-12)8-2-4-13-5-3-8/h2-5,7,9H,6,12H2,1H3. The van der Waals surface area contributed by atoms with Gasteiger partial charge in [-0.15, -0.1) is 5.10 Å². The average Bonchev–Trinajstić information content (AvgIpc) is 2.89. The van der Waals surface area contributed by atoms with Gasteiger partial charge in [-0.25, -0.2) is 14.5 Å². The monoisotopic (exact) mass is 247 g/mol. The number of pyridine rings is 1. The minimum Gasteiger partial charge on any atom is -0.463 e. The van der Waals surface area contributed by atoms with Crippen LogP contribution in [-0.4, -0.2) is 39.4 Å². The summed E-state index contributed by atoms with van der Waals surface area (Å²) in [5.41, 5.74) is 6.68. The second kappa shape index (κ2) is 5.37. The Kier molecular flexibility index (Phi) is 3.63. The van der Waals surface area contributed by atoms with Gasteiger partial charge in [0.2, 0.25) is 0 Å². The van der Waals surface area contributed by atoms with Gasteiger partial charge in [-0.3, -0.25) is 4.98 Å². The van der Waals surface area contributed by atoms with Crippen molar-refractivity contribution in [3.05, 3.63) is 42.2 Å². The Morgan fingerprint density at radius 1 is 1.50 bits per heavy atom. The van der Waals surface area contributed by atoms with E-state index in [9.17, 15) is 4.79 Å². The lowest BCUT2D eigenvalue weighted by atomic mass is 10.1. The van der Waals surface area contributed by atoms with Crippen LogP contribution in [0.2, 0.25) is 0 Å². The number of carbonyl (C=O) groups is 1. The number of rotatable bonds is 4. The minimum absolute atomic E-state index is 0.0185. The number of carbonyl (C=O) groups excluding carboxylic acids is 1. The highest BCUT2D eigenvalue weighted by atomic mass is 16.5. The highest BCUT2D eigenvalue weighted by Crippen LogP contribution is 2.14. The summed E-state index contributed by atoms with van der Waals surface area (Å²) in [5.74, 6) is -0.552. The van der Waals surface area contributed by atoms with Crippen LogP contribution < -0.4 is 5.73 Å². The van der Waals surface area contributed by atoms with E-state index in [0.29, 0.717) is 6.54 Å². The summed E-state index contributed by atoms with van der Waals surface area (Å²) < 4.78 is 6.09. The molecule has 0 saturated heterocycles. The Morgan fingerprint density at radius 2 is 2.22 bits per heavy atom. The number of hydrogen-bond donors (Lipinski definition) is 1. The van der Waals surface area contributed by atoms with Crippen LogP contribution in [0.3, 0.4) is 0 Å². The minimum atomic E-state index is -0.570. The molecule has 0 bridgehead atoms. The molecule has 0 radical (unpaired) electrons. The smallest absolute Gasteiger partial charge is 0.377 e. The third-order valence-corrected chi connectivity index (χ3v) is 2.51. The SMILES string of the molecule is COC(=O)c1ncn(C(CN)c2ccncc2)n1. The van der Waals surface area contributed by atoms with Gasteiger partial charge in [0.05, 0.1) is 13.2 Å². The lowest BCUT2D eigenvalue weighted by Gasteiger charge is -2.14. The van der Waals surface area contributed by atoms with Crippen molar-refractivity contribution in [2.24, 2.45) is 5.73 Å². The summed E-state index contributed by atoms with van der Waals surface area (Å²) >= 11 is 0. The highest BCUT2D eigenvalue weighted by molar-refractivity contribution is 5.84. The molecule has 94 valence electrons. The van der Waals surface area contributed by atoms with Crippen molar-refractivity contribution in [3.8, 4) is 0 Å². The summed E-state index contributed by atoms with van der Waals surface area (Å²) in [6, 6.07) is 3.51. The topological polar surface area (TPSA) is 95.9 Å². The number of ether oxygens (including phenoxy) is 1. The van der Waals surface area contributed by atoms with Gasteiger partial charge in [-0.05, 0) is 17.7 Å². The molecule has 1 atom stereocenters. The van der Waals surface area contributed by atoms with Gasteiger partial charge in [0, 0.05) is 18.9 Å². The van der Waals surface area contributed by atoms with E-state index in [2.05, 4.69) is 19.8 Å². The molecule has 2 heterocycles. The van der Waals surface area contributed by atoms with Crippen LogP contribution >= 0.6 is 0 Å². The van der Waals surface area contributed by atoms with Crippen LogP contribution in [0.15, 0.2) is 30.9 Å². The zero-order chi connectivity index (χ0) is 13.0. The van der Waals surface area contributed by atoms with Crippen LogP contribution in [0.4, 0.5) is 0 Å². The number of nitrogens with two attached hydrogens (primary N) is 1. The molecule has 0 fully saturated rings. The maximum Gasteiger partial charge on any atom is 0.377 e. The average molecular weight is 247 g/mol. The summed E-state index contributed by atoms with van der Waals surface area (Å²) in [7, 11) is 1.28. The summed E-state index contributed by atoms with van der Waals surface area (Å²) in [4.78, 5) is 19.1. The fourth-order valence-electron chi connectivity index (χ4n) is 1.59. The molecule has 2 aromatic rings. The largest absolute Gasteiger partial charge is 0.463 e. The second-order valence-electron chi connectivity index (χ2n) is 3.57. The number of nitrogens with zero attached hydrogens (tertiary/aromatic N) is 4. The Labute approximate surface area is 104 Å². The lowest BCUT2D eigenvalue weighted by molar-refractivity contribution is 0.0586. The van der Waals surface area contributed by atoms with Crippen LogP contribution in [0.5, 0.6) is 0 Å². The third-order valence-electron chi connectivity index (χ3n) is 2.51.